The maximum absolute atomic E-state index is 12.9. The van der Waals surface area contributed by atoms with Gasteiger partial charge < -0.3 is 10.2 Å². The molecule has 1 aromatic heterocycles. The summed E-state index contributed by atoms with van der Waals surface area (Å²) >= 11 is 6.11. The number of hydrogen-bond acceptors (Lipinski definition) is 3. The van der Waals surface area contributed by atoms with Gasteiger partial charge in [0, 0.05) is 23.5 Å². The molecule has 30 heavy (non-hydrogen) atoms. The fraction of sp³-hybridized carbons (Fsp3) is 0.261. The molecule has 3 aromatic rings. The molecular formula is C23H23ClN4O2. The normalized spacial score (nSPS) is 14.6. The van der Waals surface area contributed by atoms with Crippen LogP contribution in [0, 0.1) is 0 Å². The van der Waals surface area contributed by atoms with Gasteiger partial charge in [0.25, 0.3) is 0 Å². The number of carbonyl (C=O) groups is 2. The Morgan fingerprint density at radius 2 is 1.93 bits per heavy atom. The van der Waals surface area contributed by atoms with E-state index in [1.807, 2.05) is 32.0 Å². The third-order valence-electron chi connectivity index (χ3n) is 5.39. The quantitative estimate of drug-likeness (QED) is 0.651. The number of carbonyl (C=O) groups excluding carboxylic acids is 2. The molecule has 2 heterocycles. The summed E-state index contributed by atoms with van der Waals surface area (Å²) in [5.74, 6) is -0.391. The number of aryl methyl sites for hydroxylation is 2. The number of benzene rings is 2. The fourth-order valence-electron chi connectivity index (χ4n) is 3.75. The number of rotatable bonds is 6. The van der Waals surface area contributed by atoms with Gasteiger partial charge in [-0.25, -0.2) is 0 Å². The molecule has 1 aliphatic rings. The van der Waals surface area contributed by atoms with Gasteiger partial charge in [0.05, 0.1) is 17.3 Å². The van der Waals surface area contributed by atoms with E-state index >= 15 is 0 Å². The number of hydrogen-bond donors (Lipinski definition) is 1. The Labute approximate surface area is 180 Å². The molecule has 7 heteroatoms. The molecule has 0 unspecified atom stereocenters. The molecule has 0 saturated carbocycles. The van der Waals surface area contributed by atoms with Gasteiger partial charge in [-0.15, -0.1) is 0 Å². The lowest BCUT2D eigenvalue weighted by molar-refractivity contribution is -0.124. The van der Waals surface area contributed by atoms with Crippen LogP contribution in [0.4, 0.5) is 11.4 Å². The Morgan fingerprint density at radius 1 is 1.17 bits per heavy atom. The number of amides is 2. The molecule has 0 bridgehead atoms. The van der Waals surface area contributed by atoms with Crippen LogP contribution in [-0.4, -0.2) is 28.1 Å². The molecule has 0 fully saturated rings. The summed E-state index contributed by atoms with van der Waals surface area (Å²) in [6, 6.07) is 15.5. The SMILES string of the molecule is CC1(C)C(=O)N(CC(=O)Nc2cnn(CCc3ccccc3)c2)c2ccc(Cl)cc21. The minimum Gasteiger partial charge on any atom is -0.322 e. The first-order valence-electron chi connectivity index (χ1n) is 9.83. The van der Waals surface area contributed by atoms with Gasteiger partial charge in [0.2, 0.25) is 11.8 Å². The first-order valence-corrected chi connectivity index (χ1v) is 10.2. The highest BCUT2D eigenvalue weighted by atomic mass is 35.5. The molecular weight excluding hydrogens is 400 g/mol. The van der Waals surface area contributed by atoms with E-state index < -0.39 is 5.41 Å². The van der Waals surface area contributed by atoms with Crippen molar-refractivity contribution in [1.29, 1.82) is 0 Å². The van der Waals surface area contributed by atoms with Gasteiger partial charge >= 0.3 is 0 Å². The van der Waals surface area contributed by atoms with Crippen molar-refractivity contribution < 1.29 is 9.59 Å². The lowest BCUT2D eigenvalue weighted by Crippen LogP contribution is -2.40. The van der Waals surface area contributed by atoms with Crippen LogP contribution in [0.15, 0.2) is 60.9 Å². The zero-order chi connectivity index (χ0) is 21.3. The van der Waals surface area contributed by atoms with Crippen LogP contribution in [0.1, 0.15) is 25.0 Å². The van der Waals surface area contributed by atoms with E-state index in [4.69, 9.17) is 11.6 Å². The van der Waals surface area contributed by atoms with Crippen molar-refractivity contribution in [1.82, 2.24) is 9.78 Å². The van der Waals surface area contributed by atoms with E-state index in [9.17, 15) is 9.59 Å². The summed E-state index contributed by atoms with van der Waals surface area (Å²) in [6.07, 6.45) is 4.27. The Hall–Kier alpha value is -3.12. The number of anilines is 2. The van der Waals surface area contributed by atoms with Gasteiger partial charge in [-0.2, -0.15) is 5.10 Å². The monoisotopic (exact) mass is 422 g/mol. The zero-order valence-electron chi connectivity index (χ0n) is 16.9. The zero-order valence-corrected chi connectivity index (χ0v) is 17.7. The Balaban J connectivity index is 1.40. The van der Waals surface area contributed by atoms with Crippen molar-refractivity contribution >= 4 is 34.8 Å². The highest BCUT2D eigenvalue weighted by Crippen LogP contribution is 2.42. The largest absolute Gasteiger partial charge is 0.322 e. The Bertz CT molecular complexity index is 1090. The first-order chi connectivity index (χ1) is 14.3. The minimum absolute atomic E-state index is 0.0634. The second-order valence-electron chi connectivity index (χ2n) is 7.95. The number of nitrogens with one attached hydrogen (secondary N) is 1. The van der Waals surface area contributed by atoms with Crippen molar-refractivity contribution in [3.63, 3.8) is 0 Å². The smallest absolute Gasteiger partial charge is 0.244 e. The maximum Gasteiger partial charge on any atom is 0.244 e. The van der Waals surface area contributed by atoms with Crippen molar-refractivity contribution in [2.75, 3.05) is 16.8 Å². The number of aromatic nitrogens is 2. The number of fused-ring (bicyclic) bond motifs is 1. The number of halogens is 1. The average molecular weight is 423 g/mol. The molecule has 2 aromatic carbocycles. The molecule has 0 spiro atoms. The molecule has 4 rings (SSSR count). The van der Waals surface area contributed by atoms with Crippen molar-refractivity contribution in [3.05, 3.63) is 77.1 Å². The molecule has 1 N–H and O–H groups in total. The lowest BCUT2D eigenvalue weighted by atomic mass is 9.86. The van der Waals surface area contributed by atoms with E-state index in [2.05, 4.69) is 22.5 Å². The third kappa shape index (κ3) is 3.96. The van der Waals surface area contributed by atoms with Gasteiger partial charge in [0.15, 0.2) is 0 Å². The van der Waals surface area contributed by atoms with Crippen LogP contribution >= 0.6 is 11.6 Å². The maximum atomic E-state index is 12.9. The van der Waals surface area contributed by atoms with E-state index in [0.717, 1.165) is 17.7 Å². The topological polar surface area (TPSA) is 67.2 Å². The summed E-state index contributed by atoms with van der Waals surface area (Å²) in [4.78, 5) is 27.0. The van der Waals surface area contributed by atoms with E-state index in [-0.39, 0.29) is 18.4 Å². The minimum atomic E-state index is -0.719. The van der Waals surface area contributed by atoms with Gasteiger partial charge in [-0.3, -0.25) is 14.3 Å². The summed E-state index contributed by atoms with van der Waals surface area (Å²) < 4.78 is 1.80. The van der Waals surface area contributed by atoms with Crippen molar-refractivity contribution in [2.24, 2.45) is 0 Å². The van der Waals surface area contributed by atoms with Crippen LogP contribution in [-0.2, 0) is 28.0 Å². The average Bonchev–Trinajstić information content (AvgIpc) is 3.24. The second kappa shape index (κ2) is 7.95. The Morgan fingerprint density at radius 3 is 2.70 bits per heavy atom. The first kappa shape index (κ1) is 20.2. The number of nitrogens with zero attached hydrogens (tertiary/aromatic N) is 3. The molecule has 0 saturated heterocycles. The lowest BCUT2D eigenvalue weighted by Gasteiger charge is -2.19. The molecule has 0 atom stereocenters. The molecule has 154 valence electrons. The highest BCUT2D eigenvalue weighted by molar-refractivity contribution is 6.31. The van der Waals surface area contributed by atoms with Crippen LogP contribution < -0.4 is 10.2 Å². The predicted octanol–water partition coefficient (Wildman–Crippen LogP) is 4.04. The Kier molecular flexibility index (Phi) is 5.35. The van der Waals surface area contributed by atoms with Crippen molar-refractivity contribution in [2.45, 2.75) is 32.2 Å². The summed E-state index contributed by atoms with van der Waals surface area (Å²) in [6.45, 7) is 4.34. The second-order valence-corrected chi connectivity index (χ2v) is 8.39. The molecule has 0 aliphatic carbocycles. The van der Waals surface area contributed by atoms with Gasteiger partial charge in [-0.1, -0.05) is 41.9 Å². The van der Waals surface area contributed by atoms with Gasteiger partial charge in [-0.05, 0) is 49.6 Å². The van der Waals surface area contributed by atoms with Crippen LogP contribution in [0.3, 0.4) is 0 Å². The van der Waals surface area contributed by atoms with Crippen LogP contribution in [0.5, 0.6) is 0 Å². The third-order valence-corrected chi connectivity index (χ3v) is 5.63. The van der Waals surface area contributed by atoms with Crippen LogP contribution in [0.2, 0.25) is 5.02 Å². The summed E-state index contributed by atoms with van der Waals surface area (Å²) in [5, 5.41) is 7.71. The fourth-order valence-corrected chi connectivity index (χ4v) is 3.92. The summed E-state index contributed by atoms with van der Waals surface area (Å²) in [5.41, 5.74) is 2.68. The van der Waals surface area contributed by atoms with Crippen molar-refractivity contribution in [3.8, 4) is 0 Å². The highest BCUT2D eigenvalue weighted by Gasteiger charge is 2.44. The van der Waals surface area contributed by atoms with Gasteiger partial charge in [0.1, 0.15) is 6.54 Å². The summed E-state index contributed by atoms with van der Waals surface area (Å²) in [7, 11) is 0. The van der Waals surface area contributed by atoms with E-state index in [0.29, 0.717) is 17.3 Å². The standard InChI is InChI=1S/C23H23ClN4O2/c1-23(2)19-12-17(24)8-9-20(19)28(22(23)30)15-21(29)26-18-13-25-27(14-18)11-10-16-6-4-3-5-7-16/h3-9,12-14H,10-11,15H2,1-2H3,(H,26,29). The molecule has 2 amide bonds. The van der Waals surface area contributed by atoms with E-state index in [1.54, 1.807) is 35.3 Å². The van der Waals surface area contributed by atoms with E-state index in [1.165, 1.54) is 10.5 Å². The molecule has 6 nitrogen and oxygen atoms in total. The molecule has 0 radical (unpaired) electrons. The predicted molar refractivity (Wildman–Crippen MR) is 118 cm³/mol. The van der Waals surface area contributed by atoms with Crippen LogP contribution in [0.25, 0.3) is 0 Å². The molecule has 1 aliphatic heterocycles.